The van der Waals surface area contributed by atoms with Crippen LogP contribution in [-0.2, 0) is 4.74 Å². The number of carbonyl (C=O) groups is 1. The van der Waals surface area contributed by atoms with Gasteiger partial charge in [0, 0.05) is 39.5 Å². The van der Waals surface area contributed by atoms with Crippen molar-refractivity contribution in [1.29, 1.82) is 5.26 Å². The predicted molar refractivity (Wildman–Crippen MR) is 118 cm³/mol. The number of likely N-dealkylation sites (N-methyl/N-ethyl adjacent to an activating group) is 1. The second-order valence-corrected chi connectivity index (χ2v) is 7.74. The summed E-state index contributed by atoms with van der Waals surface area (Å²) in [6.07, 6.45) is 10.7. The van der Waals surface area contributed by atoms with E-state index in [1.165, 1.54) is 44.5 Å². The summed E-state index contributed by atoms with van der Waals surface area (Å²) in [5.41, 5.74) is 1.50. The molecule has 0 unspecified atom stereocenters. The van der Waals surface area contributed by atoms with E-state index in [0.29, 0.717) is 36.3 Å². The summed E-state index contributed by atoms with van der Waals surface area (Å²) in [5, 5.41) is 15.4. The van der Waals surface area contributed by atoms with Gasteiger partial charge in [0.1, 0.15) is 17.7 Å². The van der Waals surface area contributed by atoms with E-state index in [0.717, 1.165) is 12.2 Å². The first-order valence-electron chi connectivity index (χ1n) is 10.6. The Morgan fingerprint density at radius 1 is 1.19 bits per heavy atom. The van der Waals surface area contributed by atoms with Crippen molar-refractivity contribution in [3.63, 3.8) is 0 Å². The fourth-order valence-electron chi connectivity index (χ4n) is 3.60. The number of amides is 1. The third kappa shape index (κ3) is 6.36. The number of rotatable bonds is 9. The Balaban J connectivity index is 1.79. The Hall–Kier alpha value is -3.25. The summed E-state index contributed by atoms with van der Waals surface area (Å²) < 4.78 is 5.09. The Bertz CT molecular complexity index is 905. The Morgan fingerprint density at radius 3 is 2.65 bits per heavy atom. The molecule has 0 bridgehead atoms. The minimum absolute atomic E-state index is 0.111. The number of nitrogens with zero attached hydrogens (tertiary/aromatic N) is 5. The maximum atomic E-state index is 13.0. The molecule has 2 aromatic heterocycles. The molecule has 0 spiro atoms. The van der Waals surface area contributed by atoms with Crippen LogP contribution < -0.4 is 10.6 Å². The molecule has 2 N–H and O–H groups in total. The van der Waals surface area contributed by atoms with Crippen LogP contribution in [0.2, 0.25) is 0 Å². The molecule has 3 rings (SSSR count). The van der Waals surface area contributed by atoms with Crippen molar-refractivity contribution >= 4 is 23.2 Å². The summed E-state index contributed by atoms with van der Waals surface area (Å²) in [5.74, 6) is 1.51. The SMILES string of the molecule is COCCN(C)C(=O)c1cnc(Nc2cnc(C#N)cn2)cc1NCC1CCCCC1. The van der Waals surface area contributed by atoms with Crippen LogP contribution in [0.5, 0.6) is 0 Å². The lowest BCUT2D eigenvalue weighted by Crippen LogP contribution is -2.31. The van der Waals surface area contributed by atoms with E-state index in [2.05, 4.69) is 25.6 Å². The van der Waals surface area contributed by atoms with Crippen LogP contribution in [-0.4, -0.2) is 59.6 Å². The molecular formula is C22H29N7O2. The molecule has 0 aromatic carbocycles. The highest BCUT2D eigenvalue weighted by Gasteiger charge is 2.19. The van der Waals surface area contributed by atoms with Crippen LogP contribution in [0, 0.1) is 17.2 Å². The zero-order valence-corrected chi connectivity index (χ0v) is 18.1. The zero-order chi connectivity index (χ0) is 22.1. The van der Waals surface area contributed by atoms with Gasteiger partial charge in [0.05, 0.1) is 30.3 Å². The molecular weight excluding hydrogens is 394 g/mol. The van der Waals surface area contributed by atoms with E-state index in [-0.39, 0.29) is 11.6 Å². The van der Waals surface area contributed by atoms with Gasteiger partial charge in [0.25, 0.3) is 5.91 Å². The smallest absolute Gasteiger partial charge is 0.257 e. The number of hydrogen-bond acceptors (Lipinski definition) is 8. The summed E-state index contributed by atoms with van der Waals surface area (Å²) in [6.45, 7) is 1.79. The van der Waals surface area contributed by atoms with Crippen molar-refractivity contribution in [1.82, 2.24) is 19.9 Å². The van der Waals surface area contributed by atoms with Gasteiger partial charge in [0.2, 0.25) is 0 Å². The van der Waals surface area contributed by atoms with Crippen molar-refractivity contribution < 1.29 is 9.53 Å². The number of nitriles is 1. The van der Waals surface area contributed by atoms with E-state index in [1.807, 2.05) is 12.1 Å². The van der Waals surface area contributed by atoms with Crippen LogP contribution in [0.25, 0.3) is 0 Å². The first-order chi connectivity index (χ1) is 15.1. The fourth-order valence-corrected chi connectivity index (χ4v) is 3.60. The second-order valence-electron chi connectivity index (χ2n) is 7.74. The maximum absolute atomic E-state index is 13.0. The highest BCUT2D eigenvalue weighted by molar-refractivity contribution is 5.99. The highest BCUT2D eigenvalue weighted by Crippen LogP contribution is 2.26. The number of pyridine rings is 1. The van der Waals surface area contributed by atoms with Crippen LogP contribution >= 0.6 is 0 Å². The van der Waals surface area contributed by atoms with E-state index in [1.54, 1.807) is 25.3 Å². The van der Waals surface area contributed by atoms with Gasteiger partial charge in [-0.25, -0.2) is 15.0 Å². The molecule has 1 amide bonds. The molecule has 2 heterocycles. The van der Waals surface area contributed by atoms with Crippen LogP contribution in [0.3, 0.4) is 0 Å². The minimum atomic E-state index is -0.111. The molecule has 31 heavy (non-hydrogen) atoms. The van der Waals surface area contributed by atoms with Gasteiger partial charge in [-0.15, -0.1) is 0 Å². The second kappa shape index (κ2) is 11.2. The number of ether oxygens (including phenoxy) is 1. The number of carbonyl (C=O) groups excluding carboxylic acids is 1. The quantitative estimate of drug-likeness (QED) is 0.632. The summed E-state index contributed by atoms with van der Waals surface area (Å²) in [7, 11) is 3.37. The molecule has 164 valence electrons. The maximum Gasteiger partial charge on any atom is 0.257 e. The molecule has 1 fully saturated rings. The lowest BCUT2D eigenvalue weighted by Gasteiger charge is -2.24. The average molecular weight is 424 g/mol. The molecule has 1 saturated carbocycles. The normalized spacial score (nSPS) is 14.0. The standard InChI is InChI=1S/C22H29N7O2/c1-29(8-9-31-2)22(30)18-14-27-20(28-21-15-24-17(11-23)13-26-21)10-19(18)25-12-16-6-4-3-5-7-16/h10,13-16H,3-9,12H2,1-2H3,(H2,25,26,27,28). The molecule has 1 aliphatic rings. The molecule has 0 atom stereocenters. The summed E-state index contributed by atoms with van der Waals surface area (Å²) in [4.78, 5) is 27.2. The van der Waals surface area contributed by atoms with E-state index in [4.69, 9.17) is 10.00 Å². The van der Waals surface area contributed by atoms with Gasteiger partial charge >= 0.3 is 0 Å². The van der Waals surface area contributed by atoms with Gasteiger partial charge in [-0.05, 0) is 18.8 Å². The third-order valence-corrected chi connectivity index (χ3v) is 5.44. The van der Waals surface area contributed by atoms with Crippen molar-refractivity contribution in [3.05, 3.63) is 35.9 Å². The lowest BCUT2D eigenvalue weighted by molar-refractivity contribution is 0.0744. The first-order valence-corrected chi connectivity index (χ1v) is 10.6. The minimum Gasteiger partial charge on any atom is -0.384 e. The number of aromatic nitrogens is 3. The van der Waals surface area contributed by atoms with Crippen LogP contribution in [0.4, 0.5) is 17.3 Å². The Labute approximate surface area is 182 Å². The molecule has 9 nitrogen and oxygen atoms in total. The monoisotopic (exact) mass is 423 g/mol. The van der Waals surface area contributed by atoms with Gasteiger partial charge in [0.15, 0.2) is 5.69 Å². The zero-order valence-electron chi connectivity index (χ0n) is 18.1. The number of anilines is 3. The average Bonchev–Trinajstić information content (AvgIpc) is 2.82. The van der Waals surface area contributed by atoms with Crippen LogP contribution in [0.1, 0.15) is 48.2 Å². The molecule has 0 aliphatic heterocycles. The topological polar surface area (TPSA) is 116 Å². The number of methoxy groups -OCH3 is 1. The predicted octanol–water partition coefficient (Wildman–Crippen LogP) is 3.20. The highest BCUT2D eigenvalue weighted by atomic mass is 16.5. The van der Waals surface area contributed by atoms with Crippen molar-refractivity contribution in [2.75, 3.05) is 44.5 Å². The van der Waals surface area contributed by atoms with Crippen molar-refractivity contribution in [3.8, 4) is 6.07 Å². The first kappa shape index (κ1) is 22.4. The van der Waals surface area contributed by atoms with Gasteiger partial charge in [-0.2, -0.15) is 5.26 Å². The van der Waals surface area contributed by atoms with Crippen molar-refractivity contribution in [2.45, 2.75) is 32.1 Å². The molecule has 0 saturated heterocycles. The number of nitrogens with one attached hydrogen (secondary N) is 2. The molecule has 1 aliphatic carbocycles. The Kier molecular flexibility index (Phi) is 8.12. The van der Waals surface area contributed by atoms with E-state index < -0.39 is 0 Å². The van der Waals surface area contributed by atoms with Crippen molar-refractivity contribution in [2.24, 2.45) is 5.92 Å². The number of hydrogen-bond donors (Lipinski definition) is 2. The molecule has 9 heteroatoms. The fraction of sp³-hybridized carbons (Fsp3) is 0.500. The van der Waals surface area contributed by atoms with Gasteiger partial charge < -0.3 is 20.3 Å². The largest absolute Gasteiger partial charge is 0.384 e. The van der Waals surface area contributed by atoms with Gasteiger partial charge in [-0.1, -0.05) is 19.3 Å². The molecule has 0 radical (unpaired) electrons. The summed E-state index contributed by atoms with van der Waals surface area (Å²) >= 11 is 0. The third-order valence-electron chi connectivity index (χ3n) is 5.44. The van der Waals surface area contributed by atoms with Gasteiger partial charge in [-0.3, -0.25) is 4.79 Å². The summed E-state index contributed by atoms with van der Waals surface area (Å²) in [6, 6.07) is 3.76. The van der Waals surface area contributed by atoms with E-state index >= 15 is 0 Å². The lowest BCUT2D eigenvalue weighted by atomic mass is 9.89. The Morgan fingerprint density at radius 2 is 1.97 bits per heavy atom. The molecule has 2 aromatic rings. The van der Waals surface area contributed by atoms with E-state index in [9.17, 15) is 4.79 Å². The van der Waals surface area contributed by atoms with Crippen LogP contribution in [0.15, 0.2) is 24.7 Å².